The maximum Gasteiger partial charge on any atom is 0.0664 e. The number of aliphatic hydroxyl groups excluding tert-OH is 2. The van der Waals surface area contributed by atoms with E-state index in [1.165, 1.54) is 0 Å². The van der Waals surface area contributed by atoms with E-state index in [4.69, 9.17) is 5.11 Å². The van der Waals surface area contributed by atoms with E-state index in [9.17, 15) is 5.11 Å². The first-order valence-electron chi connectivity index (χ1n) is 5.72. The van der Waals surface area contributed by atoms with Crippen molar-refractivity contribution in [3.63, 3.8) is 0 Å². The molecule has 16 heavy (non-hydrogen) atoms. The highest BCUT2D eigenvalue weighted by atomic mass is 16.3. The molecule has 1 aromatic heterocycles. The molecule has 0 radical (unpaired) electrons. The molecule has 1 rings (SSSR count). The van der Waals surface area contributed by atoms with Crippen LogP contribution in [0.2, 0.25) is 0 Å². The Balaban J connectivity index is 2.06. The number of pyridine rings is 1. The molecule has 0 amide bonds. The molecule has 90 valence electrons. The van der Waals surface area contributed by atoms with Crippen LogP contribution in [0.5, 0.6) is 0 Å². The fraction of sp³-hybridized carbons (Fsp3) is 0.583. The molecule has 0 saturated carbocycles. The standard InChI is InChI=1S/C12H20N2O2/c15-8-4-2-6-12(16)10-13-9-11-5-1-3-7-14-11/h1,3,5,7,12-13,15-16H,2,4,6,8-10H2. The summed E-state index contributed by atoms with van der Waals surface area (Å²) < 4.78 is 0. The Morgan fingerprint density at radius 3 is 2.88 bits per heavy atom. The molecular weight excluding hydrogens is 204 g/mol. The maximum absolute atomic E-state index is 9.59. The van der Waals surface area contributed by atoms with Gasteiger partial charge >= 0.3 is 0 Å². The van der Waals surface area contributed by atoms with Crippen LogP contribution in [0, 0.1) is 0 Å². The highest BCUT2D eigenvalue weighted by Gasteiger charge is 2.03. The van der Waals surface area contributed by atoms with Crippen molar-refractivity contribution in [3.05, 3.63) is 30.1 Å². The lowest BCUT2D eigenvalue weighted by Gasteiger charge is -2.10. The van der Waals surface area contributed by atoms with Gasteiger partial charge in [-0.15, -0.1) is 0 Å². The van der Waals surface area contributed by atoms with Gasteiger partial charge in [-0.3, -0.25) is 4.98 Å². The van der Waals surface area contributed by atoms with Crippen LogP contribution in [-0.4, -0.2) is 34.5 Å². The molecule has 0 bridgehead atoms. The first-order chi connectivity index (χ1) is 7.83. The van der Waals surface area contributed by atoms with Gasteiger partial charge in [-0.25, -0.2) is 0 Å². The van der Waals surface area contributed by atoms with Gasteiger partial charge < -0.3 is 15.5 Å². The molecular formula is C12H20N2O2. The van der Waals surface area contributed by atoms with E-state index in [1.54, 1.807) is 6.20 Å². The highest BCUT2D eigenvalue weighted by molar-refractivity contribution is 5.02. The minimum atomic E-state index is -0.338. The lowest BCUT2D eigenvalue weighted by molar-refractivity contribution is 0.154. The number of nitrogens with zero attached hydrogens (tertiary/aromatic N) is 1. The van der Waals surface area contributed by atoms with Crippen molar-refractivity contribution in [2.24, 2.45) is 0 Å². The first kappa shape index (κ1) is 13.1. The Hall–Kier alpha value is -0.970. The van der Waals surface area contributed by atoms with Crippen molar-refractivity contribution in [2.45, 2.75) is 31.9 Å². The second-order valence-corrected chi connectivity index (χ2v) is 3.83. The zero-order valence-electron chi connectivity index (χ0n) is 9.47. The third kappa shape index (κ3) is 5.80. The summed E-state index contributed by atoms with van der Waals surface area (Å²) in [5.74, 6) is 0. The van der Waals surface area contributed by atoms with E-state index in [-0.39, 0.29) is 12.7 Å². The van der Waals surface area contributed by atoms with Gasteiger partial charge in [0.15, 0.2) is 0 Å². The lowest BCUT2D eigenvalue weighted by atomic mass is 10.1. The number of aliphatic hydroxyl groups is 2. The van der Waals surface area contributed by atoms with Crippen molar-refractivity contribution < 1.29 is 10.2 Å². The van der Waals surface area contributed by atoms with Crippen LogP contribution in [0.15, 0.2) is 24.4 Å². The molecule has 0 aliphatic rings. The van der Waals surface area contributed by atoms with Crippen LogP contribution in [0.3, 0.4) is 0 Å². The van der Waals surface area contributed by atoms with E-state index in [0.29, 0.717) is 13.1 Å². The van der Waals surface area contributed by atoms with Crippen molar-refractivity contribution in [2.75, 3.05) is 13.2 Å². The molecule has 1 heterocycles. The van der Waals surface area contributed by atoms with Gasteiger partial charge in [0.1, 0.15) is 0 Å². The Kier molecular flexibility index (Phi) is 6.72. The monoisotopic (exact) mass is 224 g/mol. The second-order valence-electron chi connectivity index (χ2n) is 3.83. The summed E-state index contributed by atoms with van der Waals surface area (Å²) in [6.45, 7) is 1.45. The summed E-state index contributed by atoms with van der Waals surface area (Å²) in [5, 5.41) is 21.3. The molecule has 3 N–H and O–H groups in total. The number of unbranched alkanes of at least 4 members (excludes halogenated alkanes) is 1. The molecule has 1 atom stereocenters. The Morgan fingerprint density at radius 1 is 1.31 bits per heavy atom. The van der Waals surface area contributed by atoms with Gasteiger partial charge in [0, 0.05) is 25.9 Å². The number of aromatic nitrogens is 1. The smallest absolute Gasteiger partial charge is 0.0664 e. The SMILES string of the molecule is OCCCCC(O)CNCc1ccccn1. The Bertz CT molecular complexity index is 267. The summed E-state index contributed by atoms with van der Waals surface area (Å²) in [6, 6.07) is 5.78. The number of rotatable bonds is 8. The molecule has 0 fully saturated rings. The fourth-order valence-electron chi connectivity index (χ4n) is 1.46. The van der Waals surface area contributed by atoms with Crippen LogP contribution < -0.4 is 5.32 Å². The van der Waals surface area contributed by atoms with Crippen molar-refractivity contribution in [1.82, 2.24) is 10.3 Å². The summed E-state index contributed by atoms with van der Waals surface area (Å²) >= 11 is 0. The zero-order valence-corrected chi connectivity index (χ0v) is 9.47. The van der Waals surface area contributed by atoms with Crippen molar-refractivity contribution >= 4 is 0 Å². The fourth-order valence-corrected chi connectivity index (χ4v) is 1.46. The minimum absolute atomic E-state index is 0.202. The van der Waals surface area contributed by atoms with Crippen LogP contribution >= 0.6 is 0 Å². The predicted octanol–water partition coefficient (Wildman–Crippen LogP) is 0.695. The van der Waals surface area contributed by atoms with Gasteiger partial charge in [0.05, 0.1) is 11.8 Å². The quantitative estimate of drug-likeness (QED) is 0.569. The topological polar surface area (TPSA) is 65.4 Å². The van der Waals surface area contributed by atoms with E-state index in [1.807, 2.05) is 18.2 Å². The normalized spacial score (nSPS) is 12.6. The number of nitrogens with one attached hydrogen (secondary N) is 1. The van der Waals surface area contributed by atoms with E-state index >= 15 is 0 Å². The lowest BCUT2D eigenvalue weighted by Crippen LogP contribution is -2.26. The van der Waals surface area contributed by atoms with Gasteiger partial charge in [0.25, 0.3) is 0 Å². The molecule has 4 nitrogen and oxygen atoms in total. The summed E-state index contributed by atoms with van der Waals surface area (Å²) in [5.41, 5.74) is 0.977. The molecule has 0 spiro atoms. The molecule has 4 heteroatoms. The molecule has 1 unspecified atom stereocenters. The van der Waals surface area contributed by atoms with Crippen LogP contribution in [0.25, 0.3) is 0 Å². The Morgan fingerprint density at radius 2 is 2.19 bits per heavy atom. The van der Waals surface area contributed by atoms with E-state index in [2.05, 4.69) is 10.3 Å². The van der Waals surface area contributed by atoms with Gasteiger partial charge in [-0.1, -0.05) is 6.07 Å². The van der Waals surface area contributed by atoms with Gasteiger partial charge in [-0.2, -0.15) is 0 Å². The van der Waals surface area contributed by atoms with Gasteiger partial charge in [-0.05, 0) is 31.4 Å². The maximum atomic E-state index is 9.59. The first-order valence-corrected chi connectivity index (χ1v) is 5.72. The average Bonchev–Trinajstić information content (AvgIpc) is 2.31. The molecule has 0 saturated heterocycles. The molecule has 0 aliphatic carbocycles. The minimum Gasteiger partial charge on any atom is -0.396 e. The van der Waals surface area contributed by atoms with Crippen LogP contribution in [0.4, 0.5) is 0 Å². The molecule has 0 aliphatic heterocycles. The van der Waals surface area contributed by atoms with Crippen molar-refractivity contribution in [1.29, 1.82) is 0 Å². The predicted molar refractivity (Wildman–Crippen MR) is 62.9 cm³/mol. The van der Waals surface area contributed by atoms with Crippen molar-refractivity contribution in [3.8, 4) is 0 Å². The molecule has 1 aromatic rings. The summed E-state index contributed by atoms with van der Waals surface area (Å²) in [7, 11) is 0. The average molecular weight is 224 g/mol. The second kappa shape index (κ2) is 8.21. The van der Waals surface area contributed by atoms with Crippen LogP contribution in [0.1, 0.15) is 25.0 Å². The third-order valence-electron chi connectivity index (χ3n) is 2.36. The van der Waals surface area contributed by atoms with E-state index in [0.717, 1.165) is 25.0 Å². The highest BCUT2D eigenvalue weighted by Crippen LogP contribution is 1.99. The number of hydrogen-bond donors (Lipinski definition) is 3. The zero-order chi connectivity index (χ0) is 11.6. The Labute approximate surface area is 96.3 Å². The van der Waals surface area contributed by atoms with E-state index < -0.39 is 0 Å². The summed E-state index contributed by atoms with van der Waals surface area (Å²) in [6.07, 6.45) is 3.78. The third-order valence-corrected chi connectivity index (χ3v) is 2.36. The number of hydrogen-bond acceptors (Lipinski definition) is 4. The van der Waals surface area contributed by atoms with Gasteiger partial charge in [0.2, 0.25) is 0 Å². The van der Waals surface area contributed by atoms with Crippen LogP contribution in [-0.2, 0) is 6.54 Å². The largest absolute Gasteiger partial charge is 0.396 e. The molecule has 0 aromatic carbocycles. The summed E-state index contributed by atoms with van der Waals surface area (Å²) in [4.78, 5) is 4.17.